The molecule has 0 bridgehead atoms. The van der Waals surface area contributed by atoms with Gasteiger partial charge in [-0.3, -0.25) is 4.40 Å². The van der Waals surface area contributed by atoms with Crippen LogP contribution in [0, 0.1) is 0 Å². The van der Waals surface area contributed by atoms with Crippen molar-refractivity contribution >= 4 is 40.6 Å². The van der Waals surface area contributed by atoms with Crippen LogP contribution in [0.25, 0.3) is 27.4 Å². The summed E-state index contributed by atoms with van der Waals surface area (Å²) in [4.78, 5) is 5.94. The summed E-state index contributed by atoms with van der Waals surface area (Å²) < 4.78 is 4.29. The summed E-state index contributed by atoms with van der Waals surface area (Å²) in [6.45, 7) is 0. The Bertz CT molecular complexity index is 842. The smallest absolute Gasteiger partial charge is 0.215 e. The van der Waals surface area contributed by atoms with Crippen LogP contribution in [0.1, 0.15) is 0 Å². The maximum Gasteiger partial charge on any atom is 0.215 e. The van der Waals surface area contributed by atoms with Crippen molar-refractivity contribution < 1.29 is 0 Å². The molecule has 0 fully saturated rings. The van der Waals surface area contributed by atoms with Gasteiger partial charge in [0.25, 0.3) is 0 Å². The van der Waals surface area contributed by atoms with E-state index in [9.17, 15) is 0 Å². The third-order valence-corrected chi connectivity index (χ3v) is 4.16. The average molecular weight is 290 g/mol. The Kier molecular flexibility index (Phi) is 2.84. The van der Waals surface area contributed by atoms with Gasteiger partial charge in [-0.05, 0) is 23.6 Å². The number of halogens is 1. The first-order chi connectivity index (χ1) is 8.84. The molecule has 0 aliphatic heterocycles. The second kappa shape index (κ2) is 4.40. The number of aryl methyl sites for hydroxylation is 1. The van der Waals surface area contributed by atoms with Gasteiger partial charge in [-0.25, -0.2) is 4.98 Å². The summed E-state index contributed by atoms with van der Waals surface area (Å²) in [6.07, 6.45) is 2.11. The number of benzene rings is 1. The number of para-hydroxylation sites is 2. The number of imidazole rings is 2. The van der Waals surface area contributed by atoms with Crippen molar-refractivity contribution in [2.45, 2.75) is 0 Å². The van der Waals surface area contributed by atoms with E-state index in [1.54, 1.807) is 11.3 Å². The lowest BCUT2D eigenvalue weighted by Crippen LogP contribution is -1.88. The van der Waals surface area contributed by atoms with E-state index in [1.807, 2.05) is 0 Å². The van der Waals surface area contributed by atoms with E-state index in [0.29, 0.717) is 0 Å². The zero-order valence-corrected chi connectivity index (χ0v) is 11.9. The lowest BCUT2D eigenvalue weighted by atomic mass is 10.3. The average Bonchev–Trinajstić information content (AvgIpc) is 3.09. The van der Waals surface area contributed by atoms with Gasteiger partial charge in [0.05, 0.1) is 15.9 Å². The summed E-state index contributed by atoms with van der Waals surface area (Å²) in [5, 5.41) is 2.08. The molecule has 3 nitrogen and oxygen atoms in total. The van der Waals surface area contributed by atoms with Crippen LogP contribution in [0.3, 0.4) is 0 Å². The first-order valence-corrected chi connectivity index (χ1v) is 6.69. The monoisotopic (exact) mass is 289 g/mol. The van der Waals surface area contributed by atoms with Gasteiger partial charge in [-0.15, -0.1) is 23.7 Å². The Morgan fingerprint density at radius 2 is 1.84 bits per heavy atom. The highest BCUT2D eigenvalue weighted by Gasteiger charge is 2.12. The minimum atomic E-state index is 0. The minimum Gasteiger partial charge on any atom is -0.313 e. The fourth-order valence-electron chi connectivity index (χ4n) is 2.39. The summed E-state index contributed by atoms with van der Waals surface area (Å²) >= 11 is 1.72. The molecule has 5 heteroatoms. The van der Waals surface area contributed by atoms with Crippen LogP contribution >= 0.6 is 23.7 Å². The molecular formula is C14H12ClN3S. The Morgan fingerprint density at radius 3 is 2.58 bits per heavy atom. The molecule has 96 valence electrons. The largest absolute Gasteiger partial charge is 0.313 e. The van der Waals surface area contributed by atoms with Gasteiger partial charge >= 0.3 is 0 Å². The number of hydrogen-bond acceptors (Lipinski definition) is 2. The number of hydrogen-bond donors (Lipinski definition) is 0. The van der Waals surface area contributed by atoms with Gasteiger partial charge in [0.2, 0.25) is 5.78 Å². The lowest BCUT2D eigenvalue weighted by Gasteiger charge is -1.94. The van der Waals surface area contributed by atoms with Gasteiger partial charge in [-0.1, -0.05) is 18.2 Å². The molecule has 0 amide bonds. The first-order valence-electron chi connectivity index (χ1n) is 5.81. The molecule has 19 heavy (non-hydrogen) atoms. The number of nitrogens with zero attached hydrogens (tertiary/aromatic N) is 3. The number of thiophene rings is 1. The van der Waals surface area contributed by atoms with Crippen molar-refractivity contribution in [3.8, 4) is 10.6 Å². The third-order valence-electron chi connectivity index (χ3n) is 3.26. The zero-order valence-electron chi connectivity index (χ0n) is 10.3. The number of fused-ring (bicyclic) bond motifs is 3. The molecule has 0 saturated heterocycles. The van der Waals surface area contributed by atoms with Gasteiger partial charge in [0, 0.05) is 13.2 Å². The molecular weight excluding hydrogens is 278 g/mol. The molecule has 0 aliphatic carbocycles. The van der Waals surface area contributed by atoms with Crippen molar-refractivity contribution in [3.05, 3.63) is 48.0 Å². The van der Waals surface area contributed by atoms with Crippen LogP contribution in [-0.4, -0.2) is 14.0 Å². The molecule has 3 heterocycles. The lowest BCUT2D eigenvalue weighted by molar-refractivity contribution is 0.970. The van der Waals surface area contributed by atoms with Gasteiger partial charge in [-0.2, -0.15) is 0 Å². The van der Waals surface area contributed by atoms with E-state index in [4.69, 9.17) is 4.98 Å². The Hall–Kier alpha value is -1.78. The maximum absolute atomic E-state index is 4.73. The van der Waals surface area contributed by atoms with E-state index in [2.05, 4.69) is 64.0 Å². The van der Waals surface area contributed by atoms with Gasteiger partial charge < -0.3 is 4.57 Å². The van der Waals surface area contributed by atoms with E-state index in [1.165, 1.54) is 15.9 Å². The molecule has 0 saturated carbocycles. The van der Waals surface area contributed by atoms with Crippen molar-refractivity contribution in [3.63, 3.8) is 0 Å². The maximum atomic E-state index is 4.73. The van der Waals surface area contributed by atoms with Crippen molar-refractivity contribution in [2.75, 3.05) is 0 Å². The summed E-state index contributed by atoms with van der Waals surface area (Å²) in [6, 6.07) is 12.5. The Balaban J connectivity index is 0.00000110. The van der Waals surface area contributed by atoms with Gasteiger partial charge in [0.1, 0.15) is 5.69 Å². The highest BCUT2D eigenvalue weighted by atomic mass is 35.5. The highest BCUT2D eigenvalue weighted by molar-refractivity contribution is 7.13. The van der Waals surface area contributed by atoms with Crippen LogP contribution < -0.4 is 0 Å². The SMILES string of the molecule is Cl.Cn1c2ccccc2n2cc(-c3cccs3)nc12. The predicted octanol–water partition coefficient (Wildman–Crippen LogP) is 3.98. The third kappa shape index (κ3) is 1.68. The molecule has 0 unspecified atom stereocenters. The molecule has 0 radical (unpaired) electrons. The fraction of sp³-hybridized carbons (Fsp3) is 0.0714. The van der Waals surface area contributed by atoms with E-state index >= 15 is 0 Å². The normalized spacial score (nSPS) is 11.0. The molecule has 0 aliphatic rings. The van der Waals surface area contributed by atoms with E-state index in [0.717, 1.165) is 11.5 Å². The fourth-order valence-corrected chi connectivity index (χ4v) is 3.07. The molecule has 4 rings (SSSR count). The van der Waals surface area contributed by atoms with E-state index in [-0.39, 0.29) is 12.4 Å². The molecule has 0 spiro atoms. The van der Waals surface area contributed by atoms with Crippen molar-refractivity contribution in [2.24, 2.45) is 7.05 Å². The molecule has 4 aromatic rings. The molecule has 1 aromatic carbocycles. The van der Waals surface area contributed by atoms with Crippen LogP contribution in [0.15, 0.2) is 48.0 Å². The Morgan fingerprint density at radius 1 is 1.05 bits per heavy atom. The summed E-state index contributed by atoms with van der Waals surface area (Å²) in [5.74, 6) is 0.986. The van der Waals surface area contributed by atoms with Gasteiger partial charge in [0.15, 0.2) is 0 Å². The van der Waals surface area contributed by atoms with Crippen LogP contribution in [0.5, 0.6) is 0 Å². The first kappa shape index (κ1) is 12.3. The highest BCUT2D eigenvalue weighted by Crippen LogP contribution is 2.27. The second-order valence-electron chi connectivity index (χ2n) is 4.32. The molecule has 0 N–H and O–H groups in total. The topological polar surface area (TPSA) is 22.2 Å². The number of rotatable bonds is 1. The predicted molar refractivity (Wildman–Crippen MR) is 82.2 cm³/mol. The summed E-state index contributed by atoms with van der Waals surface area (Å²) in [7, 11) is 2.06. The molecule has 3 aromatic heterocycles. The van der Waals surface area contributed by atoms with Crippen LogP contribution in [-0.2, 0) is 7.05 Å². The summed E-state index contributed by atoms with van der Waals surface area (Å²) in [5.41, 5.74) is 3.45. The number of aromatic nitrogens is 3. The zero-order chi connectivity index (χ0) is 12.1. The molecule has 0 atom stereocenters. The van der Waals surface area contributed by atoms with Crippen LogP contribution in [0.4, 0.5) is 0 Å². The van der Waals surface area contributed by atoms with Crippen molar-refractivity contribution in [1.82, 2.24) is 14.0 Å². The van der Waals surface area contributed by atoms with Crippen molar-refractivity contribution in [1.29, 1.82) is 0 Å². The minimum absolute atomic E-state index is 0. The Labute approximate surface area is 120 Å². The van der Waals surface area contributed by atoms with E-state index < -0.39 is 0 Å². The standard InChI is InChI=1S/C14H11N3S.ClH/c1-16-11-5-2-3-6-12(11)17-9-10(15-14(16)17)13-7-4-8-18-13;/h2-9H,1H3;1H. The van der Waals surface area contributed by atoms with Crippen LogP contribution in [0.2, 0.25) is 0 Å². The quantitative estimate of drug-likeness (QED) is 0.520. The second-order valence-corrected chi connectivity index (χ2v) is 5.27.